The highest BCUT2D eigenvalue weighted by atomic mass is 79.9. The molecular weight excluding hydrogens is 498 g/mol. The number of amides is 1. The number of hydrogen-bond acceptors (Lipinski definition) is 8. The van der Waals surface area contributed by atoms with Gasteiger partial charge in [-0.05, 0) is 12.1 Å². The molecule has 4 atom stereocenters. The van der Waals surface area contributed by atoms with Gasteiger partial charge in [0.25, 0.3) is 5.91 Å². The van der Waals surface area contributed by atoms with Crippen molar-refractivity contribution in [2.45, 2.75) is 37.1 Å². The number of carbonyl (C=O) groups excluding carboxylic acids is 3. The summed E-state index contributed by atoms with van der Waals surface area (Å²) in [5.74, 6) is -1.51. The summed E-state index contributed by atoms with van der Waals surface area (Å²) in [5, 5.41) is 2.60. The van der Waals surface area contributed by atoms with Crippen LogP contribution < -0.4 is 11.0 Å². The van der Waals surface area contributed by atoms with Crippen LogP contribution >= 0.6 is 15.9 Å². The highest BCUT2D eigenvalue weighted by molar-refractivity contribution is 9.09. The zero-order valence-corrected chi connectivity index (χ0v) is 19.5. The molecule has 0 saturated carbocycles. The minimum Gasteiger partial charge on any atom is -0.463 e. The molecule has 3 rings (SSSR count). The summed E-state index contributed by atoms with van der Waals surface area (Å²) in [5.41, 5.74) is -0.0134. The summed E-state index contributed by atoms with van der Waals surface area (Å²) in [6.07, 6.45) is 0.153. The van der Waals surface area contributed by atoms with E-state index in [0.717, 1.165) is 4.57 Å². The van der Waals surface area contributed by atoms with Gasteiger partial charge in [-0.1, -0.05) is 46.8 Å². The van der Waals surface area contributed by atoms with Crippen LogP contribution in [0.1, 0.15) is 36.0 Å². The van der Waals surface area contributed by atoms with Crippen molar-refractivity contribution < 1.29 is 28.6 Å². The van der Waals surface area contributed by atoms with Crippen molar-refractivity contribution >= 4 is 45.7 Å². The van der Waals surface area contributed by atoms with Crippen molar-refractivity contribution in [2.24, 2.45) is 0 Å². The molecule has 0 aliphatic carbocycles. The molecule has 1 aromatic carbocycles. The summed E-state index contributed by atoms with van der Waals surface area (Å²) in [6, 6.07) is 8.45. The predicted octanol–water partition coefficient (Wildman–Crippen LogP) is 2.29. The van der Waals surface area contributed by atoms with Crippen molar-refractivity contribution in [3.05, 3.63) is 64.7 Å². The lowest BCUT2D eigenvalue weighted by atomic mass is 10.2. The predicted molar refractivity (Wildman–Crippen MR) is 122 cm³/mol. The fourth-order valence-corrected chi connectivity index (χ4v) is 3.90. The monoisotopic (exact) mass is 519 g/mol. The van der Waals surface area contributed by atoms with Crippen molar-refractivity contribution in [1.82, 2.24) is 9.55 Å². The largest absolute Gasteiger partial charge is 0.463 e. The summed E-state index contributed by atoms with van der Waals surface area (Å²) < 4.78 is 17.4. The van der Waals surface area contributed by atoms with Gasteiger partial charge in [0.1, 0.15) is 18.5 Å². The molecule has 0 spiro atoms. The lowest BCUT2D eigenvalue weighted by Crippen LogP contribution is -2.37. The number of nitrogens with zero attached hydrogens (tertiary/aromatic N) is 2. The van der Waals surface area contributed by atoms with Gasteiger partial charge in [0.05, 0.1) is 4.83 Å². The minimum absolute atomic E-state index is 0.0222. The average Bonchev–Trinajstić information content (AvgIpc) is 3.07. The number of alkyl halides is 1. The fourth-order valence-electron chi connectivity index (χ4n) is 3.25. The number of ether oxygens (including phenoxy) is 3. The summed E-state index contributed by atoms with van der Waals surface area (Å²) in [4.78, 5) is 51.6. The van der Waals surface area contributed by atoms with Gasteiger partial charge < -0.3 is 19.5 Å². The van der Waals surface area contributed by atoms with Crippen molar-refractivity contribution in [3.8, 4) is 0 Å². The highest BCUT2D eigenvalue weighted by Crippen LogP contribution is 2.36. The van der Waals surface area contributed by atoms with Gasteiger partial charge >= 0.3 is 17.6 Å². The van der Waals surface area contributed by atoms with E-state index in [4.69, 9.17) is 14.2 Å². The first-order chi connectivity index (χ1) is 15.7. The van der Waals surface area contributed by atoms with Gasteiger partial charge in [-0.2, -0.15) is 4.98 Å². The van der Waals surface area contributed by atoms with Crippen LogP contribution in [0.5, 0.6) is 0 Å². The molecule has 0 radical (unpaired) electrons. The van der Waals surface area contributed by atoms with Gasteiger partial charge in [0, 0.05) is 31.2 Å². The molecule has 10 nitrogen and oxygen atoms in total. The highest BCUT2D eigenvalue weighted by Gasteiger charge is 2.47. The van der Waals surface area contributed by atoms with E-state index in [1.807, 2.05) is 0 Å². The lowest BCUT2D eigenvalue weighted by Gasteiger charge is -2.22. The Kier molecular flexibility index (Phi) is 7.77. The van der Waals surface area contributed by atoms with Gasteiger partial charge in [0.2, 0.25) is 0 Å². The zero-order valence-electron chi connectivity index (χ0n) is 17.9. The number of esters is 2. The second kappa shape index (κ2) is 10.5. The minimum atomic E-state index is -1.06. The Hall–Kier alpha value is -3.31. The lowest BCUT2D eigenvalue weighted by molar-refractivity contribution is -0.153. The van der Waals surface area contributed by atoms with E-state index < -0.39 is 46.8 Å². The number of aromatic nitrogens is 2. The fraction of sp³-hybridized carbons (Fsp3) is 0.318. The molecule has 174 valence electrons. The zero-order chi connectivity index (χ0) is 24.1. The normalized spacial score (nSPS) is 21.8. The summed E-state index contributed by atoms with van der Waals surface area (Å²) in [6.45, 7) is 6.09. The van der Waals surface area contributed by atoms with E-state index >= 15 is 0 Å². The molecule has 1 aromatic heterocycles. The third-order valence-corrected chi connectivity index (χ3v) is 5.87. The van der Waals surface area contributed by atoms with E-state index in [-0.39, 0.29) is 12.4 Å². The summed E-state index contributed by atoms with van der Waals surface area (Å²) >= 11 is 3.41. The molecule has 2 heterocycles. The van der Waals surface area contributed by atoms with E-state index in [0.29, 0.717) is 11.1 Å². The SMILES string of the molecule is C=Cc1cn([C@@H]2O[C@H](COC(C)=O)[C@H](Br)[C@H]2OC(C)=O)c(=O)nc1NC(=O)c1ccccc1. The Balaban J connectivity index is 1.92. The smallest absolute Gasteiger partial charge is 0.351 e. The maximum absolute atomic E-state index is 12.9. The van der Waals surface area contributed by atoms with Gasteiger partial charge in [-0.3, -0.25) is 19.0 Å². The Morgan fingerprint density at radius 2 is 1.94 bits per heavy atom. The first-order valence-corrected chi connectivity index (χ1v) is 10.8. The third kappa shape index (κ3) is 5.74. The number of rotatable bonds is 7. The molecule has 0 bridgehead atoms. The van der Waals surface area contributed by atoms with Crippen LogP contribution in [0.4, 0.5) is 5.82 Å². The molecule has 2 aromatic rings. The topological polar surface area (TPSA) is 126 Å². The van der Waals surface area contributed by atoms with Gasteiger partial charge in [0.15, 0.2) is 12.3 Å². The quantitative estimate of drug-likeness (QED) is 0.436. The van der Waals surface area contributed by atoms with Crippen molar-refractivity contribution in [3.63, 3.8) is 0 Å². The number of nitrogens with one attached hydrogen (secondary N) is 1. The molecule has 1 N–H and O–H groups in total. The van der Waals surface area contributed by atoms with Crippen LogP contribution in [-0.2, 0) is 23.8 Å². The van der Waals surface area contributed by atoms with Gasteiger partial charge in [-0.15, -0.1) is 0 Å². The van der Waals surface area contributed by atoms with Crippen LogP contribution in [0.25, 0.3) is 6.08 Å². The third-order valence-electron chi connectivity index (χ3n) is 4.76. The second-order valence-corrected chi connectivity index (χ2v) is 8.20. The Morgan fingerprint density at radius 1 is 1.24 bits per heavy atom. The van der Waals surface area contributed by atoms with Crippen LogP contribution in [0.2, 0.25) is 0 Å². The number of carbonyl (C=O) groups is 3. The Labute approximate surface area is 197 Å². The number of halogens is 1. The number of hydrogen-bond donors (Lipinski definition) is 1. The molecule has 1 aliphatic heterocycles. The average molecular weight is 520 g/mol. The van der Waals surface area contributed by atoms with E-state index in [1.165, 1.54) is 26.1 Å². The molecule has 11 heteroatoms. The van der Waals surface area contributed by atoms with Crippen LogP contribution in [0.3, 0.4) is 0 Å². The Morgan fingerprint density at radius 3 is 2.55 bits per heavy atom. The van der Waals surface area contributed by atoms with Crippen molar-refractivity contribution in [1.29, 1.82) is 0 Å². The maximum atomic E-state index is 12.9. The second-order valence-electron chi connectivity index (χ2n) is 7.15. The first-order valence-electron chi connectivity index (χ1n) is 9.93. The summed E-state index contributed by atoms with van der Waals surface area (Å²) in [7, 11) is 0. The van der Waals surface area contributed by atoms with E-state index in [1.54, 1.807) is 30.3 Å². The van der Waals surface area contributed by atoms with Gasteiger partial charge in [-0.25, -0.2) is 4.79 Å². The van der Waals surface area contributed by atoms with Crippen LogP contribution in [0, 0.1) is 0 Å². The molecule has 33 heavy (non-hydrogen) atoms. The number of benzene rings is 1. The van der Waals surface area contributed by atoms with Crippen LogP contribution in [0.15, 0.2) is 47.9 Å². The molecule has 1 amide bonds. The molecular formula is C22H22BrN3O7. The molecule has 1 saturated heterocycles. The maximum Gasteiger partial charge on any atom is 0.351 e. The Bertz CT molecular complexity index is 1120. The van der Waals surface area contributed by atoms with E-state index in [9.17, 15) is 19.2 Å². The van der Waals surface area contributed by atoms with Crippen LogP contribution in [-0.4, -0.2) is 51.0 Å². The molecule has 1 fully saturated rings. The molecule has 1 aliphatic rings. The molecule has 0 unspecified atom stereocenters. The van der Waals surface area contributed by atoms with E-state index in [2.05, 4.69) is 32.8 Å². The standard InChI is InChI=1S/C22H22BrN3O7/c1-4-14-10-26(22(30)25-19(14)24-20(29)15-8-6-5-7-9-15)21-18(32-13(3)28)17(23)16(33-21)11-31-12(2)27/h4-10,16-18,21H,1,11H2,2-3H3,(H,24,25,29,30)/t16-,17+,18-,21-/m1/s1. The first kappa shape index (κ1) is 24.3. The van der Waals surface area contributed by atoms with Crippen molar-refractivity contribution in [2.75, 3.05) is 11.9 Å². The number of anilines is 1.